The molecule has 0 heteroatoms. The van der Waals surface area contributed by atoms with Crippen LogP contribution in [-0.2, 0) is 6.42 Å². The van der Waals surface area contributed by atoms with Gasteiger partial charge in [0.1, 0.15) is 0 Å². The van der Waals surface area contributed by atoms with Crippen molar-refractivity contribution in [2.45, 2.75) is 6.42 Å². The Kier molecular flexibility index (Phi) is 3.27. The molecule has 0 bridgehead atoms. The van der Waals surface area contributed by atoms with Crippen LogP contribution >= 0.6 is 0 Å². The summed E-state index contributed by atoms with van der Waals surface area (Å²) in [5.41, 5.74) is 3.57. The minimum Gasteiger partial charge on any atom is -0.103 e. The van der Waals surface area contributed by atoms with E-state index in [1.54, 1.807) is 0 Å². The third-order valence-electron chi connectivity index (χ3n) is 1.99. The molecular formula is C13H14. The summed E-state index contributed by atoms with van der Waals surface area (Å²) < 4.78 is 0. The highest BCUT2D eigenvalue weighted by Gasteiger charge is 1.97. The van der Waals surface area contributed by atoms with Gasteiger partial charge in [0.2, 0.25) is 0 Å². The molecule has 1 rings (SSSR count). The van der Waals surface area contributed by atoms with E-state index in [0.717, 1.165) is 12.0 Å². The Hall–Kier alpha value is -1.56. The van der Waals surface area contributed by atoms with E-state index in [1.165, 1.54) is 11.1 Å². The SMILES string of the molecule is C=CCc1cc(C=C)ccc1C=C. The van der Waals surface area contributed by atoms with E-state index in [-0.39, 0.29) is 0 Å². The lowest BCUT2D eigenvalue weighted by molar-refractivity contribution is 1.26. The second-order valence-corrected chi connectivity index (χ2v) is 2.86. The monoisotopic (exact) mass is 170 g/mol. The molecule has 66 valence electrons. The molecular weight excluding hydrogens is 156 g/mol. The predicted octanol–water partition coefficient (Wildman–Crippen LogP) is 3.70. The number of benzene rings is 1. The Morgan fingerprint density at radius 2 is 1.85 bits per heavy atom. The molecule has 0 atom stereocenters. The van der Waals surface area contributed by atoms with Gasteiger partial charge in [-0.25, -0.2) is 0 Å². The Bertz CT molecular complexity index is 332. The van der Waals surface area contributed by atoms with Crippen LogP contribution in [0.15, 0.2) is 44.0 Å². The predicted molar refractivity (Wildman–Crippen MR) is 60.5 cm³/mol. The van der Waals surface area contributed by atoms with Crippen molar-refractivity contribution < 1.29 is 0 Å². The lowest BCUT2D eigenvalue weighted by atomic mass is 10.0. The third-order valence-corrected chi connectivity index (χ3v) is 1.99. The van der Waals surface area contributed by atoms with Crippen molar-refractivity contribution in [1.82, 2.24) is 0 Å². The standard InChI is InChI=1S/C13H14/c1-4-7-13-10-11(5-2)8-9-12(13)6-3/h4-6,8-10H,1-3,7H2. The van der Waals surface area contributed by atoms with Crippen LogP contribution in [0.25, 0.3) is 12.2 Å². The van der Waals surface area contributed by atoms with Crippen LogP contribution in [0.2, 0.25) is 0 Å². The van der Waals surface area contributed by atoms with E-state index in [4.69, 9.17) is 0 Å². The number of rotatable bonds is 4. The molecule has 0 spiro atoms. The topological polar surface area (TPSA) is 0 Å². The fraction of sp³-hybridized carbons (Fsp3) is 0.0769. The zero-order chi connectivity index (χ0) is 9.68. The van der Waals surface area contributed by atoms with Gasteiger partial charge in [-0.05, 0) is 23.1 Å². The van der Waals surface area contributed by atoms with Gasteiger partial charge in [0, 0.05) is 0 Å². The molecule has 0 saturated carbocycles. The van der Waals surface area contributed by atoms with Gasteiger partial charge in [0.15, 0.2) is 0 Å². The van der Waals surface area contributed by atoms with E-state index >= 15 is 0 Å². The van der Waals surface area contributed by atoms with Crippen molar-refractivity contribution in [3.63, 3.8) is 0 Å². The highest BCUT2D eigenvalue weighted by Crippen LogP contribution is 2.15. The van der Waals surface area contributed by atoms with Gasteiger partial charge in [-0.1, -0.05) is 49.6 Å². The van der Waals surface area contributed by atoms with Crippen molar-refractivity contribution in [1.29, 1.82) is 0 Å². The number of hydrogen-bond donors (Lipinski definition) is 0. The first-order valence-electron chi connectivity index (χ1n) is 4.30. The van der Waals surface area contributed by atoms with Gasteiger partial charge in [-0.3, -0.25) is 0 Å². The van der Waals surface area contributed by atoms with Crippen molar-refractivity contribution in [3.8, 4) is 0 Å². The lowest BCUT2D eigenvalue weighted by Crippen LogP contribution is -1.87. The molecule has 0 fully saturated rings. The minimum absolute atomic E-state index is 0.878. The molecule has 0 N–H and O–H groups in total. The van der Waals surface area contributed by atoms with E-state index in [1.807, 2.05) is 24.3 Å². The first kappa shape index (κ1) is 9.53. The second kappa shape index (κ2) is 4.46. The highest BCUT2D eigenvalue weighted by molar-refractivity contribution is 5.58. The second-order valence-electron chi connectivity index (χ2n) is 2.86. The summed E-state index contributed by atoms with van der Waals surface area (Å²) in [6.07, 6.45) is 6.49. The average Bonchev–Trinajstić information content (AvgIpc) is 2.18. The zero-order valence-corrected chi connectivity index (χ0v) is 7.79. The summed E-state index contributed by atoms with van der Waals surface area (Å²) in [6, 6.07) is 6.21. The van der Waals surface area contributed by atoms with E-state index in [9.17, 15) is 0 Å². The maximum atomic E-state index is 3.77. The molecule has 0 aliphatic heterocycles. The molecule has 1 aromatic rings. The van der Waals surface area contributed by atoms with Crippen molar-refractivity contribution in [2.24, 2.45) is 0 Å². The van der Waals surface area contributed by atoms with Crippen LogP contribution in [0.4, 0.5) is 0 Å². The van der Waals surface area contributed by atoms with Crippen LogP contribution in [0.3, 0.4) is 0 Å². The molecule has 0 heterocycles. The lowest BCUT2D eigenvalue weighted by Gasteiger charge is -2.04. The Morgan fingerprint density at radius 1 is 1.08 bits per heavy atom. The summed E-state index contributed by atoms with van der Waals surface area (Å²) >= 11 is 0. The van der Waals surface area contributed by atoms with Crippen LogP contribution in [0, 0.1) is 0 Å². The van der Waals surface area contributed by atoms with Crippen molar-refractivity contribution >= 4 is 12.2 Å². The van der Waals surface area contributed by atoms with Gasteiger partial charge in [-0.15, -0.1) is 6.58 Å². The summed E-state index contributed by atoms with van der Waals surface area (Å²) in [7, 11) is 0. The molecule has 0 radical (unpaired) electrons. The van der Waals surface area contributed by atoms with Gasteiger partial charge in [0.25, 0.3) is 0 Å². The van der Waals surface area contributed by atoms with Gasteiger partial charge in [0.05, 0.1) is 0 Å². The quantitative estimate of drug-likeness (QED) is 0.604. The molecule has 0 aliphatic rings. The van der Waals surface area contributed by atoms with E-state index in [0.29, 0.717) is 0 Å². The summed E-state index contributed by atoms with van der Waals surface area (Å²) in [5, 5.41) is 0. The summed E-state index contributed by atoms with van der Waals surface area (Å²) in [6.45, 7) is 11.2. The molecule has 1 aromatic carbocycles. The minimum atomic E-state index is 0.878. The molecule has 0 aromatic heterocycles. The van der Waals surface area contributed by atoms with Crippen LogP contribution < -0.4 is 0 Å². The average molecular weight is 170 g/mol. The molecule has 13 heavy (non-hydrogen) atoms. The van der Waals surface area contributed by atoms with Crippen LogP contribution in [0.1, 0.15) is 16.7 Å². The first-order chi connectivity index (χ1) is 6.31. The van der Waals surface area contributed by atoms with Gasteiger partial charge in [-0.2, -0.15) is 0 Å². The fourth-order valence-corrected chi connectivity index (χ4v) is 1.28. The molecule has 0 saturated heterocycles. The molecule has 0 unspecified atom stereocenters. The Morgan fingerprint density at radius 3 is 2.38 bits per heavy atom. The highest BCUT2D eigenvalue weighted by atomic mass is 14.0. The zero-order valence-electron chi connectivity index (χ0n) is 7.79. The van der Waals surface area contributed by atoms with Crippen LogP contribution in [-0.4, -0.2) is 0 Å². The van der Waals surface area contributed by atoms with Gasteiger partial charge < -0.3 is 0 Å². The summed E-state index contributed by atoms with van der Waals surface area (Å²) in [4.78, 5) is 0. The molecule has 0 nitrogen and oxygen atoms in total. The largest absolute Gasteiger partial charge is 0.103 e. The molecule has 0 aliphatic carbocycles. The maximum absolute atomic E-state index is 3.77. The van der Waals surface area contributed by atoms with E-state index in [2.05, 4.69) is 31.9 Å². The van der Waals surface area contributed by atoms with E-state index < -0.39 is 0 Å². The maximum Gasteiger partial charge on any atom is -0.00940 e. The number of allylic oxidation sites excluding steroid dienone is 1. The van der Waals surface area contributed by atoms with Crippen LogP contribution in [0.5, 0.6) is 0 Å². The fourth-order valence-electron chi connectivity index (χ4n) is 1.28. The van der Waals surface area contributed by atoms with Crippen molar-refractivity contribution in [2.75, 3.05) is 0 Å². The Balaban J connectivity index is 3.16. The third kappa shape index (κ3) is 2.19. The molecule has 0 amide bonds. The first-order valence-corrected chi connectivity index (χ1v) is 4.30. The normalized spacial score (nSPS) is 9.23. The Labute approximate surface area is 79.9 Å². The smallest absolute Gasteiger partial charge is 0.00940 e. The number of hydrogen-bond acceptors (Lipinski definition) is 0. The summed E-state index contributed by atoms with van der Waals surface area (Å²) in [5.74, 6) is 0. The van der Waals surface area contributed by atoms with Crippen molar-refractivity contribution in [3.05, 3.63) is 60.7 Å². The van der Waals surface area contributed by atoms with Gasteiger partial charge >= 0.3 is 0 Å².